The maximum Gasteiger partial charge on any atom is 0.0816 e. The number of halogens is 1. The van der Waals surface area contributed by atoms with E-state index >= 15 is 0 Å². The van der Waals surface area contributed by atoms with E-state index in [2.05, 4.69) is 4.90 Å². The largest absolute Gasteiger partial charge is 0.388 e. The van der Waals surface area contributed by atoms with Crippen molar-refractivity contribution >= 4 is 11.6 Å². The Morgan fingerprint density at radius 2 is 2.25 bits per heavy atom. The standard InChI is InChI=1S/C16H24ClNO2/c1-20-12-13-5-4-9-18(11-13)10-8-16(19)14-6-2-3-7-15(14)17/h2-3,6-7,13,16,19H,4-5,8-12H2,1H3. The van der Waals surface area contributed by atoms with Crippen molar-refractivity contribution in [3.63, 3.8) is 0 Å². The average Bonchev–Trinajstić information content (AvgIpc) is 2.46. The number of methoxy groups -OCH3 is 1. The van der Waals surface area contributed by atoms with Crippen molar-refractivity contribution in [3.8, 4) is 0 Å². The van der Waals surface area contributed by atoms with E-state index in [-0.39, 0.29) is 0 Å². The van der Waals surface area contributed by atoms with Gasteiger partial charge in [0.25, 0.3) is 0 Å². The van der Waals surface area contributed by atoms with Crippen LogP contribution in [0.3, 0.4) is 0 Å². The van der Waals surface area contributed by atoms with E-state index in [1.54, 1.807) is 7.11 Å². The van der Waals surface area contributed by atoms with Gasteiger partial charge in [-0.2, -0.15) is 0 Å². The Bertz CT molecular complexity index is 411. The van der Waals surface area contributed by atoms with Crippen molar-refractivity contribution in [2.24, 2.45) is 5.92 Å². The SMILES string of the molecule is COCC1CCCN(CCC(O)c2ccccc2Cl)C1. The number of ether oxygens (including phenoxy) is 1. The molecule has 112 valence electrons. The Balaban J connectivity index is 1.81. The summed E-state index contributed by atoms with van der Waals surface area (Å²) in [5, 5.41) is 10.9. The van der Waals surface area contributed by atoms with Crippen LogP contribution in [0.15, 0.2) is 24.3 Å². The molecule has 0 spiro atoms. The molecule has 0 aliphatic carbocycles. The highest BCUT2D eigenvalue weighted by atomic mass is 35.5. The molecule has 1 saturated heterocycles. The summed E-state index contributed by atoms with van der Waals surface area (Å²) >= 11 is 6.11. The molecule has 1 N–H and O–H groups in total. The third kappa shape index (κ3) is 4.45. The summed E-state index contributed by atoms with van der Waals surface area (Å²) in [6.07, 6.45) is 2.71. The van der Waals surface area contributed by atoms with Gasteiger partial charge in [-0.15, -0.1) is 0 Å². The summed E-state index contributed by atoms with van der Waals surface area (Å²) in [6.45, 7) is 3.94. The minimum Gasteiger partial charge on any atom is -0.388 e. The second-order valence-corrected chi connectivity index (χ2v) is 6.00. The zero-order valence-electron chi connectivity index (χ0n) is 12.1. The molecule has 1 fully saturated rings. The van der Waals surface area contributed by atoms with Crippen LogP contribution in [-0.4, -0.2) is 43.4 Å². The van der Waals surface area contributed by atoms with E-state index in [1.807, 2.05) is 24.3 Å². The molecule has 0 radical (unpaired) electrons. The van der Waals surface area contributed by atoms with E-state index in [0.717, 1.165) is 38.2 Å². The summed E-state index contributed by atoms with van der Waals surface area (Å²) in [7, 11) is 1.76. The molecule has 2 unspecified atom stereocenters. The van der Waals surface area contributed by atoms with Crippen LogP contribution in [0.4, 0.5) is 0 Å². The monoisotopic (exact) mass is 297 g/mol. The van der Waals surface area contributed by atoms with Gasteiger partial charge in [-0.1, -0.05) is 29.8 Å². The quantitative estimate of drug-likeness (QED) is 0.876. The van der Waals surface area contributed by atoms with Crippen LogP contribution >= 0.6 is 11.6 Å². The molecule has 1 aliphatic rings. The highest BCUT2D eigenvalue weighted by Gasteiger charge is 2.20. The molecule has 1 heterocycles. The van der Waals surface area contributed by atoms with Gasteiger partial charge in [-0.3, -0.25) is 0 Å². The lowest BCUT2D eigenvalue weighted by molar-refractivity contribution is 0.0779. The van der Waals surface area contributed by atoms with Crippen LogP contribution in [0.5, 0.6) is 0 Å². The van der Waals surface area contributed by atoms with Crippen LogP contribution in [0.1, 0.15) is 30.9 Å². The minimum absolute atomic E-state index is 0.480. The van der Waals surface area contributed by atoms with Crippen LogP contribution < -0.4 is 0 Å². The van der Waals surface area contributed by atoms with E-state index in [1.165, 1.54) is 12.8 Å². The molecule has 1 aromatic rings. The lowest BCUT2D eigenvalue weighted by atomic mass is 9.98. The first kappa shape index (κ1) is 15.8. The van der Waals surface area contributed by atoms with Crippen molar-refractivity contribution < 1.29 is 9.84 Å². The number of likely N-dealkylation sites (tertiary alicyclic amines) is 1. The lowest BCUT2D eigenvalue weighted by Crippen LogP contribution is -2.38. The van der Waals surface area contributed by atoms with Gasteiger partial charge in [0.05, 0.1) is 12.7 Å². The number of hydrogen-bond donors (Lipinski definition) is 1. The van der Waals surface area contributed by atoms with Crippen molar-refractivity contribution in [3.05, 3.63) is 34.9 Å². The molecule has 3 nitrogen and oxygen atoms in total. The summed E-state index contributed by atoms with van der Waals surface area (Å²) in [5.41, 5.74) is 0.833. The summed E-state index contributed by atoms with van der Waals surface area (Å²) in [5.74, 6) is 0.631. The van der Waals surface area contributed by atoms with Crippen LogP contribution in [-0.2, 0) is 4.74 Å². The predicted octanol–water partition coefficient (Wildman–Crippen LogP) is 3.12. The molecular weight excluding hydrogens is 274 g/mol. The van der Waals surface area contributed by atoms with Gasteiger partial charge in [0.15, 0.2) is 0 Å². The van der Waals surface area contributed by atoms with Gasteiger partial charge in [-0.05, 0) is 43.4 Å². The summed E-state index contributed by atoms with van der Waals surface area (Å²) in [6, 6.07) is 7.53. The number of hydrogen-bond acceptors (Lipinski definition) is 3. The predicted molar refractivity (Wildman–Crippen MR) is 82.1 cm³/mol. The van der Waals surface area contributed by atoms with Gasteiger partial charge in [-0.25, -0.2) is 0 Å². The zero-order valence-corrected chi connectivity index (χ0v) is 12.9. The maximum absolute atomic E-state index is 10.3. The number of nitrogens with zero attached hydrogens (tertiary/aromatic N) is 1. The third-order valence-corrected chi connectivity index (χ3v) is 4.33. The van der Waals surface area contributed by atoms with E-state index in [0.29, 0.717) is 10.9 Å². The number of piperidine rings is 1. The van der Waals surface area contributed by atoms with E-state index in [9.17, 15) is 5.11 Å². The first-order chi connectivity index (χ1) is 9.70. The fourth-order valence-electron chi connectivity index (χ4n) is 2.93. The first-order valence-electron chi connectivity index (χ1n) is 7.34. The Morgan fingerprint density at radius 3 is 3.00 bits per heavy atom. The van der Waals surface area contributed by atoms with Crippen LogP contribution in [0, 0.1) is 5.92 Å². The Labute approximate surface area is 126 Å². The average molecular weight is 298 g/mol. The molecule has 1 aromatic carbocycles. The molecule has 20 heavy (non-hydrogen) atoms. The topological polar surface area (TPSA) is 32.7 Å². The second-order valence-electron chi connectivity index (χ2n) is 5.59. The highest BCUT2D eigenvalue weighted by Crippen LogP contribution is 2.25. The lowest BCUT2D eigenvalue weighted by Gasteiger charge is -2.32. The molecule has 0 amide bonds. The fourth-order valence-corrected chi connectivity index (χ4v) is 3.19. The van der Waals surface area contributed by atoms with Crippen molar-refractivity contribution in [2.75, 3.05) is 33.4 Å². The summed E-state index contributed by atoms with van der Waals surface area (Å²) in [4.78, 5) is 2.42. The van der Waals surface area contributed by atoms with Gasteiger partial charge in [0, 0.05) is 25.2 Å². The zero-order chi connectivity index (χ0) is 14.4. The van der Waals surface area contributed by atoms with Crippen molar-refractivity contribution in [1.82, 2.24) is 4.90 Å². The Kier molecular flexibility index (Phi) is 6.30. The highest BCUT2D eigenvalue weighted by molar-refractivity contribution is 6.31. The molecule has 1 aliphatic heterocycles. The smallest absolute Gasteiger partial charge is 0.0816 e. The van der Waals surface area contributed by atoms with E-state index < -0.39 is 6.10 Å². The van der Waals surface area contributed by atoms with Gasteiger partial charge < -0.3 is 14.7 Å². The number of rotatable bonds is 6. The molecular formula is C16H24ClNO2. The minimum atomic E-state index is -0.480. The molecule has 4 heteroatoms. The third-order valence-electron chi connectivity index (χ3n) is 3.99. The molecule has 2 atom stereocenters. The second kappa shape index (κ2) is 7.99. The number of aliphatic hydroxyl groups excluding tert-OH is 1. The summed E-state index contributed by atoms with van der Waals surface area (Å²) < 4.78 is 5.25. The molecule has 0 saturated carbocycles. The van der Waals surface area contributed by atoms with Gasteiger partial charge >= 0.3 is 0 Å². The van der Waals surface area contributed by atoms with E-state index in [4.69, 9.17) is 16.3 Å². The molecule has 0 aromatic heterocycles. The van der Waals surface area contributed by atoms with Gasteiger partial charge in [0.1, 0.15) is 0 Å². The van der Waals surface area contributed by atoms with Crippen LogP contribution in [0.25, 0.3) is 0 Å². The molecule has 0 bridgehead atoms. The Hall–Kier alpha value is -0.610. The van der Waals surface area contributed by atoms with Crippen molar-refractivity contribution in [2.45, 2.75) is 25.4 Å². The Morgan fingerprint density at radius 1 is 1.45 bits per heavy atom. The maximum atomic E-state index is 10.3. The normalized spacial score (nSPS) is 21.9. The van der Waals surface area contributed by atoms with Crippen LogP contribution in [0.2, 0.25) is 5.02 Å². The van der Waals surface area contributed by atoms with Crippen molar-refractivity contribution in [1.29, 1.82) is 0 Å². The number of benzene rings is 1. The molecule has 2 rings (SSSR count). The number of aliphatic hydroxyl groups is 1. The van der Waals surface area contributed by atoms with Gasteiger partial charge in [0.2, 0.25) is 0 Å². The first-order valence-corrected chi connectivity index (χ1v) is 7.72. The fraction of sp³-hybridized carbons (Fsp3) is 0.625.